The number of methoxy groups -OCH3 is 1. The molecule has 0 fully saturated rings. The number of benzene rings is 2. The fourth-order valence-corrected chi connectivity index (χ4v) is 4.18. The molecule has 0 saturated heterocycles. The Balaban J connectivity index is 2.27. The molecule has 2 rings (SSSR count). The minimum atomic E-state index is -4.45. The van der Waals surface area contributed by atoms with Gasteiger partial charge >= 0.3 is 6.18 Å². The van der Waals surface area contributed by atoms with Crippen LogP contribution in [0.25, 0.3) is 0 Å². The topological polar surface area (TPSA) is 76.1 Å². The highest BCUT2D eigenvalue weighted by Crippen LogP contribution is 2.32. The van der Waals surface area contributed by atoms with Crippen molar-refractivity contribution in [2.24, 2.45) is 0 Å². The van der Waals surface area contributed by atoms with E-state index in [1.165, 1.54) is 43.5 Å². The lowest BCUT2D eigenvalue weighted by Gasteiger charge is -2.39. The van der Waals surface area contributed by atoms with Crippen LogP contribution in [-0.4, -0.2) is 64.7 Å². The molecule has 1 atom stereocenters. The number of rotatable bonds is 12. The fraction of sp³-hybridized carbons (Fsp3) is 0.409. The first kappa shape index (κ1) is 27.9. The van der Waals surface area contributed by atoms with E-state index in [1.807, 2.05) is 0 Å². The van der Waals surface area contributed by atoms with Crippen molar-refractivity contribution in [3.63, 3.8) is 0 Å². The largest absolute Gasteiger partial charge is 0.457 e. The molecule has 34 heavy (non-hydrogen) atoms. The highest BCUT2D eigenvalue weighted by molar-refractivity contribution is 7.92. The van der Waals surface area contributed by atoms with Crippen molar-refractivity contribution in [1.82, 2.24) is 4.90 Å². The van der Waals surface area contributed by atoms with Gasteiger partial charge in [0, 0.05) is 19.5 Å². The summed E-state index contributed by atoms with van der Waals surface area (Å²) in [6.07, 6.45) is -2.34. The summed E-state index contributed by atoms with van der Waals surface area (Å²) < 4.78 is 75.3. The Bertz CT molecular complexity index is 1050. The van der Waals surface area contributed by atoms with Gasteiger partial charge in [-0.25, -0.2) is 8.42 Å². The van der Waals surface area contributed by atoms with E-state index < -0.39 is 27.5 Å². The zero-order chi connectivity index (χ0) is 25.6. The minimum absolute atomic E-state index is 0.181. The van der Waals surface area contributed by atoms with Crippen LogP contribution in [0, 0.1) is 0 Å². The number of likely N-dealkylation sites (N-methyl/N-ethyl adjacent to an activating group) is 1. The van der Waals surface area contributed by atoms with Gasteiger partial charge in [-0.2, -0.15) is 13.2 Å². The molecule has 2 aromatic rings. The van der Waals surface area contributed by atoms with Crippen molar-refractivity contribution in [3.05, 3.63) is 54.1 Å². The number of hydrogen-bond acceptors (Lipinski definition) is 6. The molecule has 0 aromatic heterocycles. The van der Waals surface area contributed by atoms with E-state index in [4.69, 9.17) is 21.1 Å². The molecule has 0 amide bonds. The second-order valence-corrected chi connectivity index (χ2v) is 9.80. The SMILES string of the molecule is CO[C@](C=O)(CN(c1ccc(Oc2ccc(C(F)(F)F)cc2)cc1)S(C)(=O)=O)N(C)CCCCl. The molecule has 0 heterocycles. The number of carbonyl (C=O) groups is 1. The molecule has 7 nitrogen and oxygen atoms in total. The first-order chi connectivity index (χ1) is 15.9. The van der Waals surface area contributed by atoms with Crippen molar-refractivity contribution < 1.29 is 35.9 Å². The van der Waals surface area contributed by atoms with Crippen LogP contribution in [0.15, 0.2) is 48.5 Å². The number of halogens is 4. The normalized spacial score (nSPS) is 14.0. The van der Waals surface area contributed by atoms with Crippen LogP contribution in [-0.2, 0) is 25.7 Å². The molecule has 0 N–H and O–H groups in total. The maximum atomic E-state index is 12.7. The van der Waals surface area contributed by atoms with Gasteiger partial charge in [0.2, 0.25) is 10.0 Å². The molecule has 12 heteroatoms. The number of carbonyl (C=O) groups excluding carboxylic acids is 1. The lowest BCUT2D eigenvalue weighted by Crippen LogP contribution is -2.58. The molecule has 0 aliphatic carbocycles. The maximum Gasteiger partial charge on any atom is 0.416 e. The summed E-state index contributed by atoms with van der Waals surface area (Å²) in [5.41, 5.74) is -2.10. The summed E-state index contributed by atoms with van der Waals surface area (Å²) in [6.45, 7) is 0.0807. The van der Waals surface area contributed by atoms with E-state index in [0.29, 0.717) is 25.1 Å². The Hall–Kier alpha value is -2.34. The predicted molar refractivity (Wildman–Crippen MR) is 124 cm³/mol. The Morgan fingerprint density at radius 2 is 1.56 bits per heavy atom. The Morgan fingerprint density at radius 3 is 1.97 bits per heavy atom. The van der Waals surface area contributed by atoms with Crippen LogP contribution in [0.5, 0.6) is 11.5 Å². The second-order valence-electron chi connectivity index (χ2n) is 7.52. The molecular weight excluding hydrogens is 497 g/mol. The van der Waals surface area contributed by atoms with E-state index in [9.17, 15) is 26.4 Å². The Kier molecular flexibility index (Phi) is 9.35. The second kappa shape index (κ2) is 11.4. The van der Waals surface area contributed by atoms with E-state index in [0.717, 1.165) is 22.7 Å². The van der Waals surface area contributed by atoms with Gasteiger partial charge in [0.1, 0.15) is 11.5 Å². The van der Waals surface area contributed by atoms with Crippen LogP contribution in [0.4, 0.5) is 18.9 Å². The smallest absolute Gasteiger partial charge is 0.416 e. The standard InChI is InChI=1S/C22H26ClF3N2O5S/c1-27(14-4-13-23)21(16-29,32-2)15-28(34(3,30)31)18-7-11-20(12-8-18)33-19-9-5-17(6-10-19)22(24,25)26/h5-12,16H,4,13-15H2,1-3H3/t21-/m0/s1. The molecule has 188 valence electrons. The molecule has 0 spiro atoms. The van der Waals surface area contributed by atoms with E-state index in [2.05, 4.69) is 0 Å². The highest BCUT2D eigenvalue weighted by atomic mass is 35.5. The minimum Gasteiger partial charge on any atom is -0.457 e. The van der Waals surface area contributed by atoms with Crippen LogP contribution in [0.1, 0.15) is 12.0 Å². The van der Waals surface area contributed by atoms with Crippen molar-refractivity contribution in [2.45, 2.75) is 18.3 Å². The van der Waals surface area contributed by atoms with E-state index in [1.54, 1.807) is 11.9 Å². The summed E-state index contributed by atoms with van der Waals surface area (Å²) in [5, 5.41) is 0. The van der Waals surface area contributed by atoms with Crippen molar-refractivity contribution >= 4 is 33.6 Å². The number of sulfonamides is 1. The third kappa shape index (κ3) is 7.08. The highest BCUT2D eigenvalue weighted by Gasteiger charge is 2.39. The van der Waals surface area contributed by atoms with E-state index in [-0.39, 0.29) is 23.7 Å². The quantitative estimate of drug-likeness (QED) is 0.234. The summed E-state index contributed by atoms with van der Waals surface area (Å²) in [4.78, 5) is 13.6. The Labute approximate surface area is 202 Å². The monoisotopic (exact) mass is 522 g/mol. The van der Waals surface area contributed by atoms with Gasteiger partial charge < -0.3 is 9.47 Å². The molecule has 0 saturated carbocycles. The lowest BCUT2D eigenvalue weighted by molar-refractivity contribution is -0.149. The number of alkyl halides is 4. The average Bonchev–Trinajstić information content (AvgIpc) is 2.78. The first-order valence-corrected chi connectivity index (χ1v) is 12.5. The fourth-order valence-electron chi connectivity index (χ4n) is 3.14. The summed E-state index contributed by atoms with van der Waals surface area (Å²) >= 11 is 5.73. The maximum absolute atomic E-state index is 12.7. The Morgan fingerprint density at radius 1 is 1.03 bits per heavy atom. The summed E-state index contributed by atoms with van der Waals surface area (Å²) in [5.74, 6) is 0.824. The molecule has 2 aromatic carbocycles. The number of ether oxygens (including phenoxy) is 2. The summed E-state index contributed by atoms with van der Waals surface area (Å²) in [6, 6.07) is 10.0. The number of aldehydes is 1. The third-order valence-electron chi connectivity index (χ3n) is 5.12. The predicted octanol–water partition coefficient (Wildman–Crippen LogP) is 4.37. The summed E-state index contributed by atoms with van der Waals surface area (Å²) in [7, 11) is -0.878. The molecule has 0 radical (unpaired) electrons. The molecule has 0 bridgehead atoms. The van der Waals surface area contributed by atoms with Crippen LogP contribution in [0.3, 0.4) is 0 Å². The van der Waals surface area contributed by atoms with Gasteiger partial charge in [0.05, 0.1) is 24.1 Å². The van der Waals surface area contributed by atoms with Gasteiger partial charge in [0.25, 0.3) is 0 Å². The average molecular weight is 523 g/mol. The number of nitrogens with zero attached hydrogens (tertiary/aromatic N) is 2. The van der Waals surface area contributed by atoms with Crippen LogP contribution < -0.4 is 9.04 Å². The molecule has 0 aliphatic heterocycles. The van der Waals surface area contributed by atoms with Gasteiger partial charge in [-0.3, -0.25) is 14.0 Å². The third-order valence-corrected chi connectivity index (χ3v) is 6.53. The van der Waals surface area contributed by atoms with Crippen molar-refractivity contribution in [2.75, 3.05) is 43.7 Å². The van der Waals surface area contributed by atoms with Gasteiger partial charge in [-0.15, -0.1) is 11.6 Å². The van der Waals surface area contributed by atoms with Gasteiger partial charge in [-0.05, 0) is 62.0 Å². The van der Waals surface area contributed by atoms with Crippen LogP contribution in [0.2, 0.25) is 0 Å². The zero-order valence-electron chi connectivity index (χ0n) is 18.9. The molecule has 0 unspecified atom stereocenters. The van der Waals surface area contributed by atoms with E-state index >= 15 is 0 Å². The number of anilines is 1. The lowest BCUT2D eigenvalue weighted by atomic mass is 10.2. The van der Waals surface area contributed by atoms with Gasteiger partial charge in [-0.1, -0.05) is 0 Å². The van der Waals surface area contributed by atoms with Gasteiger partial charge in [0.15, 0.2) is 12.0 Å². The van der Waals surface area contributed by atoms with Crippen LogP contribution >= 0.6 is 11.6 Å². The van der Waals surface area contributed by atoms with Crippen molar-refractivity contribution in [1.29, 1.82) is 0 Å². The number of hydrogen-bond donors (Lipinski definition) is 0. The first-order valence-electron chi connectivity index (χ1n) is 10.1. The zero-order valence-corrected chi connectivity index (χ0v) is 20.5. The van der Waals surface area contributed by atoms with Crippen molar-refractivity contribution in [3.8, 4) is 11.5 Å². The molecular formula is C22H26ClF3N2O5S. The molecule has 0 aliphatic rings.